The lowest BCUT2D eigenvalue weighted by Gasteiger charge is -2.36. The summed E-state index contributed by atoms with van der Waals surface area (Å²) in [6, 6.07) is 10.3. The summed E-state index contributed by atoms with van der Waals surface area (Å²) in [6.45, 7) is 4.53. The predicted octanol–water partition coefficient (Wildman–Crippen LogP) is 2.83. The van der Waals surface area contributed by atoms with Gasteiger partial charge in [-0.05, 0) is 50.7 Å². The van der Waals surface area contributed by atoms with E-state index in [0.717, 1.165) is 50.4 Å². The molecule has 2 atom stereocenters. The molecule has 1 aromatic carbocycles. The maximum atomic E-state index is 11.8. The van der Waals surface area contributed by atoms with Gasteiger partial charge >= 0.3 is 6.09 Å². The number of nitrogens with one attached hydrogen (secondary N) is 3. The lowest BCUT2D eigenvalue weighted by Crippen LogP contribution is -2.53. The zero-order chi connectivity index (χ0) is 21.3. The molecule has 1 aliphatic heterocycles. The number of hydrogen-bond donors (Lipinski definition) is 3. The third kappa shape index (κ3) is 7.45. The van der Waals surface area contributed by atoms with Crippen LogP contribution in [0.25, 0.3) is 0 Å². The van der Waals surface area contributed by atoms with E-state index in [0.29, 0.717) is 24.6 Å². The van der Waals surface area contributed by atoms with Crippen molar-refractivity contribution in [2.45, 2.75) is 44.7 Å². The van der Waals surface area contributed by atoms with Crippen molar-refractivity contribution in [3.8, 4) is 6.07 Å². The van der Waals surface area contributed by atoms with Crippen LogP contribution in [0.5, 0.6) is 0 Å². The summed E-state index contributed by atoms with van der Waals surface area (Å²) < 4.78 is 5.03. The number of guanidine groups is 1. The number of amides is 1. The van der Waals surface area contributed by atoms with Crippen molar-refractivity contribution in [1.82, 2.24) is 16.0 Å². The topological polar surface area (TPSA) is 102 Å². The fourth-order valence-corrected chi connectivity index (χ4v) is 3.91. The molecule has 0 aromatic heterocycles. The molecule has 3 N–H and O–H groups in total. The predicted molar refractivity (Wildman–Crippen MR) is 133 cm³/mol. The Morgan fingerprint density at radius 1 is 1.35 bits per heavy atom. The number of anilines is 1. The summed E-state index contributed by atoms with van der Waals surface area (Å²) >= 11 is 0. The minimum atomic E-state index is -0.363. The molecule has 2 aliphatic rings. The minimum Gasteiger partial charge on any atom is -0.450 e. The number of carbonyl (C=O) groups is 1. The molecule has 1 heterocycles. The van der Waals surface area contributed by atoms with Gasteiger partial charge in [-0.3, -0.25) is 4.99 Å². The Balaban J connectivity index is 0.00000341. The average molecular weight is 540 g/mol. The van der Waals surface area contributed by atoms with Crippen LogP contribution in [0.4, 0.5) is 10.5 Å². The fraction of sp³-hybridized carbons (Fsp3) is 0.591. The van der Waals surface area contributed by atoms with E-state index >= 15 is 0 Å². The number of aliphatic imine (C=N–C) groups is 1. The highest BCUT2D eigenvalue weighted by molar-refractivity contribution is 14.0. The van der Waals surface area contributed by atoms with Gasteiger partial charge in [0.2, 0.25) is 0 Å². The lowest BCUT2D eigenvalue weighted by molar-refractivity contribution is 0.146. The maximum absolute atomic E-state index is 11.8. The van der Waals surface area contributed by atoms with Crippen LogP contribution in [-0.4, -0.2) is 57.4 Å². The van der Waals surface area contributed by atoms with E-state index in [-0.39, 0.29) is 42.2 Å². The molecular weight excluding hydrogens is 507 g/mol. The highest BCUT2D eigenvalue weighted by Crippen LogP contribution is 2.32. The molecule has 31 heavy (non-hydrogen) atoms. The van der Waals surface area contributed by atoms with Gasteiger partial charge < -0.3 is 25.6 Å². The van der Waals surface area contributed by atoms with Gasteiger partial charge in [0.05, 0.1) is 23.9 Å². The Labute approximate surface area is 201 Å². The molecule has 1 amide bonds. The molecular formula is C22H33IN6O2. The summed E-state index contributed by atoms with van der Waals surface area (Å²) in [5.74, 6) is 1.22. The summed E-state index contributed by atoms with van der Waals surface area (Å²) in [4.78, 5) is 18.4. The molecule has 170 valence electrons. The first-order valence-corrected chi connectivity index (χ1v) is 10.8. The summed E-state index contributed by atoms with van der Waals surface area (Å²) in [7, 11) is 1.76. The second-order valence-electron chi connectivity index (χ2n) is 7.82. The standard InChI is InChI=1S/C22H32N6O2.HI/c1-3-30-22(29)27-19(16-10-11-16)14-25-21(24-2)26-18-8-6-12-28(15-18)20-9-5-4-7-17(20)13-23;/h4-5,7,9,16,18-19H,3,6,8,10-12,14-15H2,1-2H3,(H,27,29)(H2,24,25,26);1H. The second kappa shape index (κ2) is 12.6. The average Bonchev–Trinajstić information content (AvgIpc) is 3.61. The molecule has 1 saturated heterocycles. The number of piperidine rings is 1. The second-order valence-corrected chi connectivity index (χ2v) is 7.82. The van der Waals surface area contributed by atoms with Gasteiger partial charge in [0.15, 0.2) is 5.96 Å². The Morgan fingerprint density at radius 2 is 2.13 bits per heavy atom. The zero-order valence-corrected chi connectivity index (χ0v) is 20.6. The highest BCUT2D eigenvalue weighted by Gasteiger charge is 2.33. The molecule has 0 radical (unpaired) electrons. The van der Waals surface area contributed by atoms with E-state index in [4.69, 9.17) is 4.74 Å². The first-order valence-electron chi connectivity index (χ1n) is 10.8. The van der Waals surface area contributed by atoms with Crippen LogP contribution >= 0.6 is 24.0 Å². The van der Waals surface area contributed by atoms with Crippen LogP contribution in [0, 0.1) is 17.2 Å². The van der Waals surface area contributed by atoms with Crippen molar-refractivity contribution in [1.29, 1.82) is 5.26 Å². The van der Waals surface area contributed by atoms with Crippen LogP contribution in [0.3, 0.4) is 0 Å². The van der Waals surface area contributed by atoms with Crippen molar-refractivity contribution in [2.75, 3.05) is 38.2 Å². The first-order chi connectivity index (χ1) is 14.6. The van der Waals surface area contributed by atoms with Crippen molar-refractivity contribution in [3.05, 3.63) is 29.8 Å². The van der Waals surface area contributed by atoms with Gasteiger partial charge in [-0.2, -0.15) is 5.26 Å². The Hall–Kier alpha value is -2.22. The molecule has 8 nitrogen and oxygen atoms in total. The lowest BCUT2D eigenvalue weighted by atomic mass is 10.0. The number of alkyl carbamates (subject to hydrolysis) is 1. The van der Waals surface area contributed by atoms with Gasteiger partial charge in [-0.1, -0.05) is 12.1 Å². The quantitative estimate of drug-likeness (QED) is 0.280. The van der Waals surface area contributed by atoms with E-state index in [9.17, 15) is 10.1 Å². The summed E-state index contributed by atoms with van der Waals surface area (Å²) in [5, 5.41) is 19.2. The molecule has 2 fully saturated rings. The van der Waals surface area contributed by atoms with E-state index in [2.05, 4.69) is 31.9 Å². The maximum Gasteiger partial charge on any atom is 0.407 e. The zero-order valence-electron chi connectivity index (χ0n) is 18.3. The third-order valence-corrected chi connectivity index (χ3v) is 5.61. The highest BCUT2D eigenvalue weighted by atomic mass is 127. The smallest absolute Gasteiger partial charge is 0.407 e. The minimum absolute atomic E-state index is 0. The van der Waals surface area contributed by atoms with Crippen LogP contribution < -0.4 is 20.9 Å². The van der Waals surface area contributed by atoms with Crippen LogP contribution in [0.15, 0.2) is 29.3 Å². The molecule has 0 spiro atoms. The fourth-order valence-electron chi connectivity index (χ4n) is 3.91. The number of nitrogens with zero attached hydrogens (tertiary/aromatic N) is 3. The largest absolute Gasteiger partial charge is 0.450 e. The van der Waals surface area contributed by atoms with Gasteiger partial charge in [0.1, 0.15) is 6.07 Å². The molecule has 3 rings (SSSR count). The van der Waals surface area contributed by atoms with Crippen molar-refractivity contribution < 1.29 is 9.53 Å². The van der Waals surface area contributed by atoms with E-state index in [1.807, 2.05) is 24.3 Å². The van der Waals surface area contributed by atoms with Crippen LogP contribution in [0.2, 0.25) is 0 Å². The van der Waals surface area contributed by atoms with Gasteiger partial charge in [0, 0.05) is 32.7 Å². The first kappa shape index (κ1) is 25.0. The molecule has 1 aromatic rings. The number of para-hydroxylation sites is 1. The van der Waals surface area contributed by atoms with Gasteiger partial charge in [0.25, 0.3) is 0 Å². The SMILES string of the molecule is CCOC(=O)NC(CNC(=NC)NC1CCCN(c2ccccc2C#N)C1)C1CC1.I. The Kier molecular flexibility index (Phi) is 10.2. The number of nitriles is 1. The third-order valence-electron chi connectivity index (χ3n) is 5.61. The summed E-state index contributed by atoms with van der Waals surface area (Å²) in [6.07, 6.45) is 3.97. The number of halogens is 1. The number of ether oxygens (including phenoxy) is 1. The summed E-state index contributed by atoms with van der Waals surface area (Å²) in [5.41, 5.74) is 1.69. The van der Waals surface area contributed by atoms with E-state index in [1.165, 1.54) is 0 Å². The normalized spacial score (nSPS) is 19.5. The van der Waals surface area contributed by atoms with E-state index in [1.54, 1.807) is 14.0 Å². The molecule has 9 heteroatoms. The number of rotatable bonds is 7. The van der Waals surface area contributed by atoms with Crippen molar-refractivity contribution >= 4 is 41.7 Å². The molecule has 2 unspecified atom stereocenters. The number of hydrogen-bond acceptors (Lipinski definition) is 5. The van der Waals surface area contributed by atoms with Gasteiger partial charge in [-0.15, -0.1) is 24.0 Å². The monoisotopic (exact) mass is 540 g/mol. The van der Waals surface area contributed by atoms with Crippen molar-refractivity contribution in [2.24, 2.45) is 10.9 Å². The van der Waals surface area contributed by atoms with Gasteiger partial charge in [-0.25, -0.2) is 4.79 Å². The van der Waals surface area contributed by atoms with Crippen LogP contribution in [-0.2, 0) is 4.74 Å². The molecule has 1 saturated carbocycles. The Bertz CT molecular complexity index is 792. The Morgan fingerprint density at radius 3 is 2.81 bits per heavy atom. The number of carbonyl (C=O) groups excluding carboxylic acids is 1. The number of benzene rings is 1. The molecule has 0 bridgehead atoms. The van der Waals surface area contributed by atoms with Crippen molar-refractivity contribution in [3.63, 3.8) is 0 Å². The van der Waals surface area contributed by atoms with E-state index < -0.39 is 0 Å². The van der Waals surface area contributed by atoms with Crippen LogP contribution in [0.1, 0.15) is 38.2 Å². The molecule has 1 aliphatic carbocycles.